The molecule has 142 valence electrons. The molecular weight excluding hydrogens is 370 g/mol. The van der Waals surface area contributed by atoms with Crippen molar-refractivity contribution < 1.29 is 9.53 Å². The number of thioether (sulfide) groups is 1. The fourth-order valence-corrected chi connectivity index (χ4v) is 5.24. The minimum atomic E-state index is -0.177. The van der Waals surface area contributed by atoms with Gasteiger partial charge in [0, 0.05) is 19.3 Å². The Morgan fingerprint density at radius 2 is 1.93 bits per heavy atom. The largest absolute Gasteiger partial charge is 0.365 e. The number of pyridine rings is 1. The van der Waals surface area contributed by atoms with Crippen molar-refractivity contribution in [2.24, 2.45) is 4.99 Å². The molecule has 0 aliphatic carbocycles. The SMILES string of the molecule is C/C(=C1/SC(N2CCC3(CC2)OCc2ccccc23)=NC1=O)c1ccccn1. The highest BCUT2D eigenvalue weighted by Crippen LogP contribution is 2.45. The molecule has 5 rings (SSSR count). The van der Waals surface area contributed by atoms with Gasteiger partial charge in [-0.3, -0.25) is 9.78 Å². The molecule has 3 aliphatic rings. The van der Waals surface area contributed by atoms with Gasteiger partial charge in [-0.25, -0.2) is 0 Å². The number of allylic oxidation sites excluding steroid dienone is 1. The van der Waals surface area contributed by atoms with Gasteiger partial charge in [-0.2, -0.15) is 4.99 Å². The molecule has 0 saturated carbocycles. The Kier molecular flexibility index (Phi) is 4.33. The molecule has 5 nitrogen and oxygen atoms in total. The third-order valence-corrected chi connectivity index (χ3v) is 7.05. The molecule has 1 amide bonds. The molecule has 6 heteroatoms. The number of aliphatic imine (C=N–C) groups is 1. The average molecular weight is 391 g/mol. The van der Waals surface area contributed by atoms with Gasteiger partial charge < -0.3 is 9.64 Å². The molecule has 1 aromatic heterocycles. The summed E-state index contributed by atoms with van der Waals surface area (Å²) in [5, 5.41) is 0.802. The molecule has 0 atom stereocenters. The third-order valence-electron chi connectivity index (χ3n) is 5.83. The van der Waals surface area contributed by atoms with Crippen molar-refractivity contribution >= 4 is 28.4 Å². The Morgan fingerprint density at radius 1 is 1.14 bits per heavy atom. The van der Waals surface area contributed by atoms with Crippen LogP contribution >= 0.6 is 11.8 Å². The topological polar surface area (TPSA) is 54.8 Å². The van der Waals surface area contributed by atoms with E-state index in [-0.39, 0.29) is 11.5 Å². The number of benzene rings is 1. The zero-order chi connectivity index (χ0) is 19.1. The van der Waals surface area contributed by atoms with Crippen molar-refractivity contribution in [1.29, 1.82) is 0 Å². The zero-order valence-corrected chi connectivity index (χ0v) is 16.5. The summed E-state index contributed by atoms with van der Waals surface area (Å²) < 4.78 is 6.24. The van der Waals surface area contributed by atoms with Crippen molar-refractivity contribution in [2.75, 3.05) is 13.1 Å². The van der Waals surface area contributed by atoms with E-state index in [1.54, 1.807) is 6.20 Å². The van der Waals surface area contributed by atoms with Crippen LogP contribution in [0.4, 0.5) is 0 Å². The van der Waals surface area contributed by atoms with E-state index in [0.29, 0.717) is 11.5 Å². The number of rotatable bonds is 1. The predicted octanol–water partition coefficient (Wildman–Crippen LogP) is 3.96. The highest BCUT2D eigenvalue weighted by atomic mass is 32.2. The first-order chi connectivity index (χ1) is 13.7. The van der Waals surface area contributed by atoms with Crippen LogP contribution in [0.15, 0.2) is 58.6 Å². The summed E-state index contributed by atoms with van der Waals surface area (Å²) in [6, 6.07) is 14.2. The Balaban J connectivity index is 1.32. The van der Waals surface area contributed by atoms with Gasteiger partial charge in [-0.1, -0.05) is 30.3 Å². The predicted molar refractivity (Wildman–Crippen MR) is 111 cm³/mol. The number of hydrogen-bond acceptors (Lipinski definition) is 5. The summed E-state index contributed by atoms with van der Waals surface area (Å²) in [7, 11) is 0. The van der Waals surface area contributed by atoms with Gasteiger partial charge in [0.2, 0.25) is 0 Å². The first-order valence-electron chi connectivity index (χ1n) is 9.57. The molecule has 3 aliphatic heterocycles. The van der Waals surface area contributed by atoms with Gasteiger partial charge >= 0.3 is 0 Å². The number of hydrogen-bond donors (Lipinski definition) is 0. The molecule has 0 N–H and O–H groups in total. The number of piperidine rings is 1. The van der Waals surface area contributed by atoms with E-state index < -0.39 is 0 Å². The van der Waals surface area contributed by atoms with Crippen LogP contribution < -0.4 is 0 Å². The van der Waals surface area contributed by atoms with E-state index in [9.17, 15) is 4.79 Å². The summed E-state index contributed by atoms with van der Waals surface area (Å²) in [5.41, 5.74) is 4.16. The third kappa shape index (κ3) is 2.88. The van der Waals surface area contributed by atoms with Gasteiger partial charge in [0.25, 0.3) is 5.91 Å². The lowest BCUT2D eigenvalue weighted by Gasteiger charge is -2.39. The Bertz CT molecular complexity index is 992. The molecule has 0 unspecified atom stereocenters. The summed E-state index contributed by atoms with van der Waals surface area (Å²) in [6.45, 7) is 4.31. The van der Waals surface area contributed by atoms with Crippen molar-refractivity contribution in [3.05, 3.63) is 70.4 Å². The highest BCUT2D eigenvalue weighted by Gasteiger charge is 2.43. The number of nitrogens with zero attached hydrogens (tertiary/aromatic N) is 3. The maximum absolute atomic E-state index is 12.5. The number of amides is 1. The zero-order valence-electron chi connectivity index (χ0n) is 15.7. The average Bonchev–Trinajstić information content (AvgIpc) is 3.30. The Hall–Kier alpha value is -2.44. The number of amidine groups is 1. The minimum Gasteiger partial charge on any atom is -0.365 e. The number of fused-ring (bicyclic) bond motifs is 2. The van der Waals surface area contributed by atoms with Crippen LogP contribution in [-0.4, -0.2) is 34.0 Å². The fraction of sp³-hybridized carbons (Fsp3) is 0.318. The van der Waals surface area contributed by atoms with Crippen LogP contribution in [0.1, 0.15) is 36.6 Å². The number of aromatic nitrogens is 1. The molecule has 4 heterocycles. The Morgan fingerprint density at radius 3 is 2.71 bits per heavy atom. The standard InChI is InChI=1S/C22H21N3O2S/c1-15(18-8-4-5-11-23-18)19-20(26)24-21(28-19)25-12-9-22(10-13-25)17-7-3-2-6-16(17)14-27-22/h2-8,11H,9-10,12-14H2,1H3/b19-15-. The second-order valence-corrected chi connectivity index (χ2v) is 8.38. The minimum absolute atomic E-state index is 0.161. The summed E-state index contributed by atoms with van der Waals surface area (Å²) >= 11 is 1.47. The molecule has 1 aromatic carbocycles. The van der Waals surface area contributed by atoms with E-state index in [1.165, 1.54) is 22.9 Å². The molecule has 1 saturated heterocycles. The van der Waals surface area contributed by atoms with Crippen LogP contribution in [-0.2, 0) is 21.7 Å². The second kappa shape index (κ2) is 6.87. The lowest BCUT2D eigenvalue weighted by atomic mass is 9.84. The summed E-state index contributed by atoms with van der Waals surface area (Å²) in [6.07, 6.45) is 3.57. The summed E-state index contributed by atoms with van der Waals surface area (Å²) in [5.74, 6) is -0.161. The van der Waals surface area contributed by atoms with Gasteiger partial charge in [0.15, 0.2) is 5.17 Å². The van der Waals surface area contributed by atoms with Crippen LogP contribution in [0.2, 0.25) is 0 Å². The molecule has 0 radical (unpaired) electrons. The molecule has 1 fully saturated rings. The van der Waals surface area contributed by atoms with Gasteiger partial charge in [-0.05, 0) is 60.4 Å². The smallest absolute Gasteiger partial charge is 0.286 e. The first-order valence-corrected chi connectivity index (χ1v) is 10.4. The number of ether oxygens (including phenoxy) is 1. The van der Waals surface area contributed by atoms with E-state index in [4.69, 9.17) is 4.74 Å². The van der Waals surface area contributed by atoms with Gasteiger partial charge in [0.1, 0.15) is 0 Å². The maximum atomic E-state index is 12.5. The lowest BCUT2D eigenvalue weighted by molar-refractivity contribution is -0.113. The molecule has 1 spiro atoms. The second-order valence-electron chi connectivity index (χ2n) is 7.40. The van der Waals surface area contributed by atoms with Crippen LogP contribution in [0, 0.1) is 0 Å². The molecule has 28 heavy (non-hydrogen) atoms. The lowest BCUT2D eigenvalue weighted by Crippen LogP contribution is -2.44. The van der Waals surface area contributed by atoms with E-state index in [2.05, 4.69) is 39.1 Å². The normalized spacial score (nSPS) is 22.4. The van der Waals surface area contributed by atoms with E-state index in [1.807, 2.05) is 25.1 Å². The number of likely N-dealkylation sites (tertiary alicyclic amines) is 1. The monoisotopic (exact) mass is 391 g/mol. The van der Waals surface area contributed by atoms with Crippen molar-refractivity contribution in [1.82, 2.24) is 9.88 Å². The highest BCUT2D eigenvalue weighted by molar-refractivity contribution is 8.18. The summed E-state index contributed by atoms with van der Waals surface area (Å²) in [4.78, 5) is 24.1. The molecule has 2 aromatic rings. The van der Waals surface area contributed by atoms with Gasteiger partial charge in [-0.15, -0.1) is 0 Å². The van der Waals surface area contributed by atoms with Crippen LogP contribution in [0.25, 0.3) is 5.57 Å². The van der Waals surface area contributed by atoms with E-state index in [0.717, 1.165) is 42.4 Å². The van der Waals surface area contributed by atoms with Crippen LogP contribution in [0.5, 0.6) is 0 Å². The van der Waals surface area contributed by atoms with Crippen molar-refractivity contribution in [3.8, 4) is 0 Å². The first kappa shape index (κ1) is 17.6. The molecular formula is C22H21N3O2S. The number of carbonyl (C=O) groups is 1. The quantitative estimate of drug-likeness (QED) is 0.689. The van der Waals surface area contributed by atoms with Crippen LogP contribution in [0.3, 0.4) is 0 Å². The van der Waals surface area contributed by atoms with Crippen molar-refractivity contribution in [2.45, 2.75) is 32.0 Å². The van der Waals surface area contributed by atoms with Gasteiger partial charge in [0.05, 0.1) is 22.8 Å². The fourth-order valence-electron chi connectivity index (χ4n) is 4.23. The van der Waals surface area contributed by atoms with E-state index >= 15 is 0 Å². The number of carbonyl (C=O) groups excluding carboxylic acids is 1. The Labute approximate surface area is 168 Å². The van der Waals surface area contributed by atoms with Crippen molar-refractivity contribution in [3.63, 3.8) is 0 Å². The molecule has 0 bridgehead atoms. The maximum Gasteiger partial charge on any atom is 0.286 e.